The van der Waals surface area contributed by atoms with Crippen LogP contribution < -0.4 is 9.46 Å². The molecule has 0 fully saturated rings. The number of nitrogens with one attached hydrogen (secondary N) is 1. The zero-order chi connectivity index (χ0) is 20.1. The molecule has 0 unspecified atom stereocenters. The molecule has 0 radical (unpaired) electrons. The van der Waals surface area contributed by atoms with E-state index in [0.717, 1.165) is 22.5 Å². The van der Waals surface area contributed by atoms with Gasteiger partial charge in [-0.05, 0) is 40.8 Å². The van der Waals surface area contributed by atoms with Crippen LogP contribution in [0.15, 0.2) is 64.9 Å². The molecule has 1 aromatic heterocycles. The largest absolute Gasteiger partial charge is 0.496 e. The maximum absolute atomic E-state index is 12.9. The second-order valence-electron chi connectivity index (χ2n) is 5.90. The van der Waals surface area contributed by atoms with Crippen LogP contribution in [0.1, 0.15) is 20.8 Å². The molecule has 0 amide bonds. The summed E-state index contributed by atoms with van der Waals surface area (Å²) in [6.45, 7) is 0. The van der Waals surface area contributed by atoms with Crippen LogP contribution >= 0.6 is 11.3 Å². The Labute approximate surface area is 167 Å². The molecular weight excluding hydrogens is 398 g/mol. The van der Waals surface area contributed by atoms with E-state index in [9.17, 15) is 13.2 Å². The Hall–Kier alpha value is -2.84. The lowest BCUT2D eigenvalue weighted by Crippen LogP contribution is -2.15. The molecule has 0 saturated carbocycles. The van der Waals surface area contributed by atoms with E-state index in [-0.39, 0.29) is 15.5 Å². The van der Waals surface area contributed by atoms with Crippen molar-refractivity contribution in [2.75, 3.05) is 18.9 Å². The molecule has 0 spiro atoms. The number of carbonyl (C=O) groups is 1. The minimum atomic E-state index is -3.89. The Balaban J connectivity index is 1.93. The predicted octanol–water partition coefficient (Wildman–Crippen LogP) is 3.93. The Morgan fingerprint density at radius 1 is 1.07 bits per heavy atom. The molecule has 3 rings (SSSR count). The SMILES string of the molecule is COC(=O)c1sccc1NS(=O)(=O)c1ccc(OC)c(Cc2ccccc2)c1. The molecule has 146 valence electrons. The van der Waals surface area contributed by atoms with E-state index >= 15 is 0 Å². The van der Waals surface area contributed by atoms with E-state index in [4.69, 9.17) is 9.47 Å². The molecule has 28 heavy (non-hydrogen) atoms. The summed E-state index contributed by atoms with van der Waals surface area (Å²) < 4.78 is 38.3. The van der Waals surface area contributed by atoms with E-state index in [1.54, 1.807) is 24.6 Å². The van der Waals surface area contributed by atoms with Gasteiger partial charge in [-0.3, -0.25) is 4.72 Å². The van der Waals surface area contributed by atoms with Crippen molar-refractivity contribution in [1.82, 2.24) is 0 Å². The van der Waals surface area contributed by atoms with Crippen LogP contribution in [0.5, 0.6) is 5.75 Å². The molecular formula is C20H19NO5S2. The quantitative estimate of drug-likeness (QED) is 0.589. The van der Waals surface area contributed by atoms with Crippen LogP contribution in [0.2, 0.25) is 0 Å². The Bertz CT molecular complexity index is 1070. The minimum Gasteiger partial charge on any atom is -0.496 e. The Morgan fingerprint density at radius 2 is 1.82 bits per heavy atom. The van der Waals surface area contributed by atoms with Crippen LogP contribution in [0.3, 0.4) is 0 Å². The second kappa shape index (κ2) is 8.45. The lowest BCUT2D eigenvalue weighted by molar-refractivity contribution is 0.0607. The summed E-state index contributed by atoms with van der Waals surface area (Å²) in [5, 5.41) is 1.62. The summed E-state index contributed by atoms with van der Waals surface area (Å²) in [5.41, 5.74) is 1.97. The number of hydrogen-bond acceptors (Lipinski definition) is 6. The summed E-state index contributed by atoms with van der Waals surface area (Å²) in [5.74, 6) is 0.0146. The van der Waals surface area contributed by atoms with Crippen LogP contribution in [-0.4, -0.2) is 28.6 Å². The van der Waals surface area contributed by atoms with Gasteiger partial charge in [0.15, 0.2) is 0 Å². The highest BCUT2D eigenvalue weighted by atomic mass is 32.2. The molecule has 1 heterocycles. The zero-order valence-corrected chi connectivity index (χ0v) is 17.0. The molecule has 8 heteroatoms. The van der Waals surface area contributed by atoms with Gasteiger partial charge in [-0.25, -0.2) is 13.2 Å². The molecule has 2 aromatic carbocycles. The molecule has 0 bridgehead atoms. The number of anilines is 1. The van der Waals surface area contributed by atoms with Crippen molar-refractivity contribution in [3.63, 3.8) is 0 Å². The maximum Gasteiger partial charge on any atom is 0.350 e. The minimum absolute atomic E-state index is 0.0845. The van der Waals surface area contributed by atoms with E-state index < -0.39 is 16.0 Å². The summed E-state index contributed by atoms with van der Waals surface area (Å²) in [4.78, 5) is 12.1. The molecule has 0 saturated heterocycles. The van der Waals surface area contributed by atoms with Crippen LogP contribution in [0.4, 0.5) is 5.69 Å². The molecule has 0 aliphatic carbocycles. The fourth-order valence-corrected chi connectivity index (χ4v) is 4.67. The number of sulfonamides is 1. The topological polar surface area (TPSA) is 81.7 Å². The van der Waals surface area contributed by atoms with E-state index in [0.29, 0.717) is 12.2 Å². The second-order valence-corrected chi connectivity index (χ2v) is 8.50. The molecule has 6 nitrogen and oxygen atoms in total. The van der Waals surface area contributed by atoms with Gasteiger partial charge < -0.3 is 9.47 Å². The monoisotopic (exact) mass is 417 g/mol. The third kappa shape index (κ3) is 4.35. The number of benzene rings is 2. The summed E-state index contributed by atoms with van der Waals surface area (Å²) in [6.07, 6.45) is 0.527. The summed E-state index contributed by atoms with van der Waals surface area (Å²) in [6, 6.07) is 15.9. The first kappa shape index (κ1) is 19.9. The van der Waals surface area contributed by atoms with Crippen molar-refractivity contribution in [2.45, 2.75) is 11.3 Å². The molecule has 0 aliphatic rings. The van der Waals surface area contributed by atoms with Crippen molar-refractivity contribution < 1.29 is 22.7 Å². The first-order chi connectivity index (χ1) is 13.4. The van der Waals surface area contributed by atoms with E-state index in [2.05, 4.69) is 4.72 Å². The van der Waals surface area contributed by atoms with Gasteiger partial charge in [0, 0.05) is 6.42 Å². The lowest BCUT2D eigenvalue weighted by atomic mass is 10.0. The zero-order valence-electron chi connectivity index (χ0n) is 15.3. The highest BCUT2D eigenvalue weighted by Gasteiger charge is 2.21. The standard InChI is InChI=1S/C20H19NO5S2/c1-25-18-9-8-16(13-15(18)12-14-6-4-3-5-7-14)28(23,24)21-17-10-11-27-19(17)20(22)26-2/h3-11,13,21H,12H2,1-2H3. The van der Waals surface area contributed by atoms with Crippen molar-refractivity contribution in [3.8, 4) is 5.75 Å². The molecule has 0 atom stereocenters. The highest BCUT2D eigenvalue weighted by molar-refractivity contribution is 7.92. The number of hydrogen-bond donors (Lipinski definition) is 1. The van der Waals surface area contributed by atoms with Gasteiger partial charge in [0.2, 0.25) is 0 Å². The Morgan fingerprint density at radius 3 is 2.50 bits per heavy atom. The smallest absolute Gasteiger partial charge is 0.350 e. The molecule has 1 N–H and O–H groups in total. The summed E-state index contributed by atoms with van der Waals surface area (Å²) >= 11 is 1.11. The average Bonchev–Trinajstić information content (AvgIpc) is 3.15. The van der Waals surface area contributed by atoms with Gasteiger partial charge >= 0.3 is 5.97 Å². The van der Waals surface area contributed by atoms with Crippen molar-refractivity contribution in [2.24, 2.45) is 0 Å². The van der Waals surface area contributed by atoms with Crippen LogP contribution in [0, 0.1) is 0 Å². The average molecular weight is 418 g/mol. The maximum atomic E-state index is 12.9. The number of esters is 1. The van der Waals surface area contributed by atoms with E-state index in [1.807, 2.05) is 30.3 Å². The summed E-state index contributed by atoms with van der Waals surface area (Å²) in [7, 11) is -1.10. The third-order valence-corrected chi connectivity index (χ3v) is 6.34. The van der Waals surface area contributed by atoms with Gasteiger partial charge in [-0.1, -0.05) is 30.3 Å². The first-order valence-electron chi connectivity index (χ1n) is 8.34. The fraction of sp³-hybridized carbons (Fsp3) is 0.150. The van der Waals surface area contributed by atoms with Gasteiger partial charge in [0.25, 0.3) is 10.0 Å². The number of carbonyl (C=O) groups excluding carboxylic acids is 1. The van der Waals surface area contributed by atoms with E-state index in [1.165, 1.54) is 19.2 Å². The number of ether oxygens (including phenoxy) is 2. The third-order valence-electron chi connectivity index (χ3n) is 4.08. The first-order valence-corrected chi connectivity index (χ1v) is 10.7. The van der Waals surface area contributed by atoms with Crippen molar-refractivity contribution in [3.05, 3.63) is 76.0 Å². The number of thiophene rings is 1. The van der Waals surface area contributed by atoms with Crippen LogP contribution in [0.25, 0.3) is 0 Å². The van der Waals surface area contributed by atoms with Gasteiger partial charge in [0.1, 0.15) is 10.6 Å². The Kier molecular flexibility index (Phi) is 6.01. The molecule has 3 aromatic rings. The van der Waals surface area contributed by atoms with Crippen molar-refractivity contribution >= 4 is 33.0 Å². The normalized spacial score (nSPS) is 11.1. The fourth-order valence-electron chi connectivity index (χ4n) is 2.72. The van der Waals surface area contributed by atoms with Gasteiger partial charge in [-0.15, -0.1) is 11.3 Å². The van der Waals surface area contributed by atoms with Crippen LogP contribution in [-0.2, 0) is 21.2 Å². The predicted molar refractivity (Wildman–Crippen MR) is 109 cm³/mol. The molecule has 0 aliphatic heterocycles. The van der Waals surface area contributed by atoms with Crippen molar-refractivity contribution in [1.29, 1.82) is 0 Å². The van der Waals surface area contributed by atoms with Gasteiger partial charge in [-0.2, -0.15) is 0 Å². The highest BCUT2D eigenvalue weighted by Crippen LogP contribution is 2.29. The number of rotatable bonds is 7. The number of methoxy groups -OCH3 is 2. The van der Waals surface area contributed by atoms with Gasteiger partial charge in [0.05, 0.1) is 24.8 Å². The lowest BCUT2D eigenvalue weighted by Gasteiger charge is -2.13.